The Morgan fingerprint density at radius 2 is 1.93 bits per heavy atom. The molecule has 14 heavy (non-hydrogen) atoms. The van der Waals surface area contributed by atoms with Crippen LogP contribution in [0.15, 0.2) is 30.3 Å². The van der Waals surface area contributed by atoms with Gasteiger partial charge < -0.3 is 4.74 Å². The summed E-state index contributed by atoms with van der Waals surface area (Å²) in [7, 11) is 0. The zero-order valence-electron chi connectivity index (χ0n) is 8.49. The quantitative estimate of drug-likeness (QED) is 0.529. The molecule has 1 aliphatic carbocycles. The molecule has 0 aliphatic heterocycles. The van der Waals surface area contributed by atoms with E-state index in [1.165, 1.54) is 0 Å². The Kier molecular flexibility index (Phi) is 2.06. The topological polar surface area (TPSA) is 26.3 Å². The third-order valence-corrected chi connectivity index (χ3v) is 2.76. The number of benzene rings is 1. The van der Waals surface area contributed by atoms with Gasteiger partial charge in [-0.3, -0.25) is 4.79 Å². The smallest absolute Gasteiger partial charge is 0.314 e. The third-order valence-electron chi connectivity index (χ3n) is 2.76. The Labute approximate surface area is 83.9 Å². The summed E-state index contributed by atoms with van der Waals surface area (Å²) >= 11 is 0. The Morgan fingerprint density at radius 1 is 1.36 bits per heavy atom. The molecular weight excluding hydrogens is 176 g/mol. The Hall–Kier alpha value is -1.31. The van der Waals surface area contributed by atoms with Gasteiger partial charge in [0.25, 0.3) is 0 Å². The maximum absolute atomic E-state index is 11.6. The molecule has 0 bridgehead atoms. The van der Waals surface area contributed by atoms with Crippen molar-refractivity contribution in [3.8, 4) is 5.75 Å². The van der Waals surface area contributed by atoms with Gasteiger partial charge in [0.2, 0.25) is 0 Å². The number of carbonyl (C=O) groups is 1. The molecule has 1 fully saturated rings. The first kappa shape index (κ1) is 9.25. The van der Waals surface area contributed by atoms with Crippen molar-refractivity contribution in [2.45, 2.75) is 20.3 Å². The Bertz CT molecular complexity index is 341. The van der Waals surface area contributed by atoms with E-state index in [0.717, 1.165) is 6.42 Å². The second kappa shape index (κ2) is 3.12. The summed E-state index contributed by atoms with van der Waals surface area (Å²) in [5.74, 6) is 0.629. The lowest BCUT2D eigenvalue weighted by atomic mass is 10.1. The minimum atomic E-state index is -0.0961. The molecule has 1 atom stereocenters. The molecule has 1 unspecified atom stereocenters. The van der Waals surface area contributed by atoms with Crippen molar-refractivity contribution in [3.63, 3.8) is 0 Å². The van der Waals surface area contributed by atoms with Crippen LogP contribution in [0.25, 0.3) is 0 Å². The van der Waals surface area contributed by atoms with Gasteiger partial charge in [-0.15, -0.1) is 0 Å². The maximum atomic E-state index is 11.6. The van der Waals surface area contributed by atoms with E-state index in [1.54, 1.807) is 12.1 Å². The van der Waals surface area contributed by atoms with Crippen molar-refractivity contribution in [3.05, 3.63) is 30.3 Å². The molecular formula is C12H14O2. The van der Waals surface area contributed by atoms with Crippen LogP contribution in [0, 0.1) is 11.3 Å². The summed E-state index contributed by atoms with van der Waals surface area (Å²) in [6, 6.07) is 9.22. The summed E-state index contributed by atoms with van der Waals surface area (Å²) < 4.78 is 5.23. The largest absolute Gasteiger partial charge is 0.426 e. The molecule has 0 radical (unpaired) electrons. The highest BCUT2D eigenvalue weighted by Crippen LogP contribution is 2.52. The van der Waals surface area contributed by atoms with E-state index >= 15 is 0 Å². The zero-order chi connectivity index (χ0) is 10.2. The molecule has 2 nitrogen and oxygen atoms in total. The molecule has 0 N–H and O–H groups in total. The van der Waals surface area contributed by atoms with Crippen molar-refractivity contribution in [1.82, 2.24) is 0 Å². The van der Waals surface area contributed by atoms with Crippen molar-refractivity contribution < 1.29 is 9.53 Å². The summed E-state index contributed by atoms with van der Waals surface area (Å²) in [6.07, 6.45) is 0.943. The average molecular weight is 190 g/mol. The number of ether oxygens (including phenoxy) is 1. The molecule has 1 aliphatic rings. The summed E-state index contributed by atoms with van der Waals surface area (Å²) in [6.45, 7) is 4.17. The van der Waals surface area contributed by atoms with Crippen LogP contribution >= 0.6 is 0 Å². The number of esters is 1. The van der Waals surface area contributed by atoms with Crippen molar-refractivity contribution >= 4 is 5.97 Å². The molecule has 2 rings (SSSR count). The number of carbonyl (C=O) groups excluding carboxylic acids is 1. The maximum Gasteiger partial charge on any atom is 0.314 e. The first-order valence-corrected chi connectivity index (χ1v) is 4.86. The number of para-hydroxylation sites is 1. The lowest BCUT2D eigenvalue weighted by Crippen LogP contribution is -2.13. The highest BCUT2D eigenvalue weighted by atomic mass is 16.5. The average Bonchev–Trinajstić information content (AvgIpc) is 2.77. The van der Waals surface area contributed by atoms with Gasteiger partial charge in [0.15, 0.2) is 0 Å². The SMILES string of the molecule is CC1(C)CC1C(=O)Oc1ccccc1. The van der Waals surface area contributed by atoms with Gasteiger partial charge in [-0.25, -0.2) is 0 Å². The Morgan fingerprint density at radius 3 is 2.43 bits per heavy atom. The number of hydrogen-bond donors (Lipinski definition) is 0. The van der Waals surface area contributed by atoms with E-state index in [4.69, 9.17) is 4.74 Å². The van der Waals surface area contributed by atoms with Crippen molar-refractivity contribution in [2.24, 2.45) is 11.3 Å². The number of rotatable bonds is 2. The summed E-state index contributed by atoms with van der Waals surface area (Å²) in [4.78, 5) is 11.6. The molecule has 0 saturated heterocycles. The summed E-state index contributed by atoms with van der Waals surface area (Å²) in [5, 5.41) is 0. The third kappa shape index (κ3) is 1.79. The lowest BCUT2D eigenvalue weighted by molar-refractivity contribution is -0.136. The van der Waals surface area contributed by atoms with E-state index < -0.39 is 0 Å². The molecule has 74 valence electrons. The zero-order valence-corrected chi connectivity index (χ0v) is 8.49. The molecule has 0 amide bonds. The van der Waals surface area contributed by atoms with Gasteiger partial charge in [-0.2, -0.15) is 0 Å². The van der Waals surface area contributed by atoms with E-state index in [0.29, 0.717) is 5.75 Å². The van der Waals surface area contributed by atoms with Crippen LogP contribution in [-0.2, 0) is 4.79 Å². The van der Waals surface area contributed by atoms with Gasteiger partial charge in [0.05, 0.1) is 5.92 Å². The highest BCUT2D eigenvalue weighted by Gasteiger charge is 2.51. The molecule has 1 aromatic carbocycles. The standard InChI is InChI=1S/C12H14O2/c1-12(2)8-10(12)11(13)14-9-6-4-3-5-7-9/h3-7,10H,8H2,1-2H3. The van der Waals surface area contributed by atoms with Crippen LogP contribution in [-0.4, -0.2) is 5.97 Å². The van der Waals surface area contributed by atoms with E-state index in [9.17, 15) is 4.79 Å². The second-order valence-electron chi connectivity index (χ2n) is 4.48. The van der Waals surface area contributed by atoms with E-state index in [2.05, 4.69) is 13.8 Å². The van der Waals surface area contributed by atoms with Gasteiger partial charge in [-0.1, -0.05) is 32.0 Å². The first-order valence-electron chi connectivity index (χ1n) is 4.86. The molecule has 2 heteroatoms. The van der Waals surface area contributed by atoms with Gasteiger partial charge in [0.1, 0.15) is 5.75 Å². The first-order chi connectivity index (χ1) is 6.59. The predicted octanol–water partition coefficient (Wildman–Crippen LogP) is 2.64. The Balaban J connectivity index is 1.97. The van der Waals surface area contributed by atoms with Crippen LogP contribution < -0.4 is 4.74 Å². The van der Waals surface area contributed by atoms with Crippen molar-refractivity contribution in [1.29, 1.82) is 0 Å². The van der Waals surface area contributed by atoms with E-state index in [-0.39, 0.29) is 17.3 Å². The number of hydrogen-bond acceptors (Lipinski definition) is 2. The molecule has 0 aromatic heterocycles. The van der Waals surface area contributed by atoms with Crippen molar-refractivity contribution in [2.75, 3.05) is 0 Å². The normalized spacial score (nSPS) is 22.9. The predicted molar refractivity (Wildman–Crippen MR) is 54.0 cm³/mol. The van der Waals surface area contributed by atoms with Crippen LogP contribution in [0.1, 0.15) is 20.3 Å². The fourth-order valence-corrected chi connectivity index (χ4v) is 1.55. The fraction of sp³-hybridized carbons (Fsp3) is 0.417. The molecule has 0 spiro atoms. The lowest BCUT2D eigenvalue weighted by Gasteiger charge is -2.04. The van der Waals surface area contributed by atoms with E-state index in [1.807, 2.05) is 18.2 Å². The molecule has 0 heterocycles. The monoisotopic (exact) mass is 190 g/mol. The van der Waals surface area contributed by atoms with Crippen LogP contribution in [0.5, 0.6) is 5.75 Å². The minimum Gasteiger partial charge on any atom is -0.426 e. The van der Waals surface area contributed by atoms with Crippen LogP contribution in [0.2, 0.25) is 0 Å². The van der Waals surface area contributed by atoms with Gasteiger partial charge in [-0.05, 0) is 24.0 Å². The van der Waals surface area contributed by atoms with Crippen LogP contribution in [0.3, 0.4) is 0 Å². The minimum absolute atomic E-state index is 0.0858. The second-order valence-corrected chi connectivity index (χ2v) is 4.48. The summed E-state index contributed by atoms with van der Waals surface area (Å²) in [5.41, 5.74) is 0.145. The molecule has 1 saturated carbocycles. The van der Waals surface area contributed by atoms with Gasteiger partial charge in [0, 0.05) is 0 Å². The fourth-order valence-electron chi connectivity index (χ4n) is 1.55. The highest BCUT2D eigenvalue weighted by molar-refractivity contribution is 5.78. The molecule has 1 aromatic rings. The van der Waals surface area contributed by atoms with Crippen LogP contribution in [0.4, 0.5) is 0 Å². The van der Waals surface area contributed by atoms with Gasteiger partial charge >= 0.3 is 5.97 Å².